The summed E-state index contributed by atoms with van der Waals surface area (Å²) in [6.07, 6.45) is 5.37. The van der Waals surface area contributed by atoms with Crippen molar-refractivity contribution >= 4 is 35.1 Å². The predicted octanol–water partition coefficient (Wildman–Crippen LogP) is 1.74. The molecule has 2 aliphatic rings. The van der Waals surface area contributed by atoms with Crippen molar-refractivity contribution < 1.29 is 9.53 Å². The fraction of sp³-hybridized carbons (Fsp3) is 0.421. The molecule has 2 aromatic heterocycles. The van der Waals surface area contributed by atoms with Crippen LogP contribution in [0.15, 0.2) is 35.9 Å². The number of ether oxygens (including phenoxy) is 1. The highest BCUT2D eigenvalue weighted by molar-refractivity contribution is 7.10. The van der Waals surface area contributed by atoms with Crippen molar-refractivity contribution in [3.63, 3.8) is 0 Å². The summed E-state index contributed by atoms with van der Waals surface area (Å²) in [7, 11) is 0. The third-order valence-corrected chi connectivity index (χ3v) is 5.61. The Kier molecular flexibility index (Phi) is 5.64. The van der Waals surface area contributed by atoms with Gasteiger partial charge in [-0.05, 0) is 23.6 Å². The minimum atomic E-state index is 0.0692. The molecule has 2 aromatic rings. The van der Waals surface area contributed by atoms with Crippen molar-refractivity contribution in [1.29, 1.82) is 0 Å². The Balaban J connectivity index is 1.34. The lowest BCUT2D eigenvalue weighted by Crippen LogP contribution is -2.48. The molecular weight excluding hydrogens is 362 g/mol. The smallest absolute Gasteiger partial charge is 0.246 e. The Morgan fingerprint density at radius 2 is 1.89 bits per heavy atom. The lowest BCUT2D eigenvalue weighted by atomic mass is 10.3. The van der Waals surface area contributed by atoms with E-state index in [4.69, 9.17) is 9.72 Å². The normalized spacial score (nSPS) is 18.3. The molecule has 142 valence electrons. The van der Waals surface area contributed by atoms with Gasteiger partial charge in [-0.15, -0.1) is 11.3 Å². The summed E-state index contributed by atoms with van der Waals surface area (Å²) in [4.78, 5) is 28.9. The largest absolute Gasteiger partial charge is 0.378 e. The monoisotopic (exact) mass is 385 g/mol. The Morgan fingerprint density at radius 3 is 2.63 bits per heavy atom. The molecule has 7 nitrogen and oxygen atoms in total. The van der Waals surface area contributed by atoms with Gasteiger partial charge in [0, 0.05) is 56.4 Å². The molecule has 8 heteroatoms. The maximum Gasteiger partial charge on any atom is 0.246 e. The first kappa shape index (κ1) is 17.9. The summed E-state index contributed by atoms with van der Waals surface area (Å²) in [6.45, 7) is 6.02. The van der Waals surface area contributed by atoms with E-state index in [0.29, 0.717) is 26.3 Å². The van der Waals surface area contributed by atoms with Crippen LogP contribution in [0.1, 0.15) is 4.88 Å². The second-order valence-electron chi connectivity index (χ2n) is 6.48. The number of piperazine rings is 1. The van der Waals surface area contributed by atoms with Gasteiger partial charge in [-0.2, -0.15) is 4.98 Å². The molecule has 0 aliphatic carbocycles. The molecule has 2 fully saturated rings. The van der Waals surface area contributed by atoms with Crippen molar-refractivity contribution in [2.45, 2.75) is 0 Å². The van der Waals surface area contributed by atoms with Gasteiger partial charge in [0.1, 0.15) is 5.82 Å². The fourth-order valence-corrected chi connectivity index (χ4v) is 3.85. The molecule has 4 heterocycles. The van der Waals surface area contributed by atoms with Crippen LogP contribution in [-0.2, 0) is 9.53 Å². The Morgan fingerprint density at radius 1 is 1.07 bits per heavy atom. The summed E-state index contributed by atoms with van der Waals surface area (Å²) >= 11 is 1.63. The minimum Gasteiger partial charge on any atom is -0.378 e. The third-order valence-electron chi connectivity index (χ3n) is 4.77. The molecule has 4 rings (SSSR count). The summed E-state index contributed by atoms with van der Waals surface area (Å²) in [5.41, 5.74) is 0. The average molecular weight is 385 g/mol. The Labute approximate surface area is 162 Å². The minimum absolute atomic E-state index is 0.0692. The molecule has 1 amide bonds. The number of amides is 1. The summed E-state index contributed by atoms with van der Waals surface area (Å²) in [5, 5.41) is 2.01. The van der Waals surface area contributed by atoms with Crippen LogP contribution in [0.5, 0.6) is 0 Å². The van der Waals surface area contributed by atoms with Crippen LogP contribution < -0.4 is 9.80 Å². The molecule has 0 radical (unpaired) electrons. The van der Waals surface area contributed by atoms with E-state index < -0.39 is 0 Å². The number of hydrogen-bond donors (Lipinski definition) is 0. The maximum atomic E-state index is 12.4. The summed E-state index contributed by atoms with van der Waals surface area (Å²) in [5.74, 6) is 1.75. The fourth-order valence-electron chi connectivity index (χ4n) is 3.23. The molecule has 27 heavy (non-hydrogen) atoms. The van der Waals surface area contributed by atoms with Crippen LogP contribution in [0.3, 0.4) is 0 Å². The van der Waals surface area contributed by atoms with Gasteiger partial charge < -0.3 is 19.4 Å². The highest BCUT2D eigenvalue weighted by atomic mass is 32.1. The van der Waals surface area contributed by atoms with Gasteiger partial charge in [-0.3, -0.25) is 4.79 Å². The zero-order chi connectivity index (χ0) is 18.5. The molecule has 2 aliphatic heterocycles. The Hall–Kier alpha value is -2.45. The van der Waals surface area contributed by atoms with E-state index in [9.17, 15) is 4.79 Å². The zero-order valence-electron chi connectivity index (χ0n) is 15.2. The first-order valence-electron chi connectivity index (χ1n) is 9.21. The molecular formula is C19H23N5O2S. The number of rotatable bonds is 4. The number of carbonyl (C=O) groups excluding carboxylic acids is 1. The first-order chi connectivity index (χ1) is 13.3. The van der Waals surface area contributed by atoms with Gasteiger partial charge in [0.2, 0.25) is 11.9 Å². The molecule has 0 bridgehead atoms. The Bertz CT molecular complexity index is 781. The van der Waals surface area contributed by atoms with Crippen molar-refractivity contribution in [3.8, 4) is 0 Å². The number of anilines is 2. The first-order valence-corrected chi connectivity index (χ1v) is 10.1. The van der Waals surface area contributed by atoms with E-state index in [0.717, 1.165) is 42.8 Å². The SMILES string of the molecule is O=C(/C=C/c1cccs1)N1CCN(c2ccnc(N3CCOCC3)n2)CC1. The van der Waals surface area contributed by atoms with Crippen LogP contribution in [0.25, 0.3) is 6.08 Å². The van der Waals surface area contributed by atoms with Crippen molar-refractivity contribution in [2.24, 2.45) is 0 Å². The van der Waals surface area contributed by atoms with Crippen LogP contribution in [-0.4, -0.2) is 73.3 Å². The van der Waals surface area contributed by atoms with Gasteiger partial charge in [0.05, 0.1) is 13.2 Å². The van der Waals surface area contributed by atoms with E-state index >= 15 is 0 Å². The van der Waals surface area contributed by atoms with E-state index in [-0.39, 0.29) is 5.91 Å². The van der Waals surface area contributed by atoms with Gasteiger partial charge in [0.15, 0.2) is 0 Å². The zero-order valence-corrected chi connectivity index (χ0v) is 16.0. The summed E-state index contributed by atoms with van der Waals surface area (Å²) in [6, 6.07) is 5.94. The highest BCUT2D eigenvalue weighted by Gasteiger charge is 2.22. The van der Waals surface area contributed by atoms with E-state index in [1.807, 2.05) is 40.8 Å². The molecule has 0 aromatic carbocycles. The lowest BCUT2D eigenvalue weighted by molar-refractivity contribution is -0.126. The topological polar surface area (TPSA) is 61.8 Å². The van der Waals surface area contributed by atoms with Crippen molar-refractivity contribution in [1.82, 2.24) is 14.9 Å². The molecule has 0 unspecified atom stereocenters. The standard InChI is InChI=1S/C19H23N5O2S/c25-18(4-3-16-2-1-15-27-16)23-9-7-22(8-10-23)17-5-6-20-19(21-17)24-11-13-26-14-12-24/h1-6,15H,7-14H2/b4-3+. The van der Waals surface area contributed by atoms with Gasteiger partial charge in [0.25, 0.3) is 0 Å². The number of thiophene rings is 1. The number of nitrogens with zero attached hydrogens (tertiary/aromatic N) is 5. The number of carbonyl (C=O) groups is 1. The van der Waals surface area contributed by atoms with E-state index in [1.165, 1.54) is 0 Å². The van der Waals surface area contributed by atoms with Crippen molar-refractivity contribution in [3.05, 3.63) is 40.7 Å². The number of morpholine rings is 1. The van der Waals surface area contributed by atoms with Crippen LogP contribution >= 0.6 is 11.3 Å². The molecule has 0 N–H and O–H groups in total. The quantitative estimate of drug-likeness (QED) is 0.747. The predicted molar refractivity (Wildman–Crippen MR) is 107 cm³/mol. The van der Waals surface area contributed by atoms with Gasteiger partial charge in [-0.25, -0.2) is 4.98 Å². The lowest BCUT2D eigenvalue weighted by Gasteiger charge is -2.35. The maximum absolute atomic E-state index is 12.4. The highest BCUT2D eigenvalue weighted by Crippen LogP contribution is 2.18. The van der Waals surface area contributed by atoms with E-state index in [2.05, 4.69) is 14.8 Å². The van der Waals surface area contributed by atoms with Crippen LogP contribution in [0.2, 0.25) is 0 Å². The third kappa shape index (κ3) is 4.45. The number of hydrogen-bond acceptors (Lipinski definition) is 7. The van der Waals surface area contributed by atoms with Crippen LogP contribution in [0, 0.1) is 0 Å². The summed E-state index contributed by atoms with van der Waals surface area (Å²) < 4.78 is 5.40. The average Bonchev–Trinajstić information content (AvgIpc) is 3.27. The van der Waals surface area contributed by atoms with Gasteiger partial charge in [-0.1, -0.05) is 6.07 Å². The second kappa shape index (κ2) is 8.49. The molecule has 0 spiro atoms. The second-order valence-corrected chi connectivity index (χ2v) is 7.45. The van der Waals surface area contributed by atoms with Crippen LogP contribution in [0.4, 0.5) is 11.8 Å². The van der Waals surface area contributed by atoms with Gasteiger partial charge >= 0.3 is 0 Å². The molecule has 2 saturated heterocycles. The molecule has 0 atom stereocenters. The number of aromatic nitrogens is 2. The van der Waals surface area contributed by atoms with E-state index in [1.54, 1.807) is 17.4 Å². The van der Waals surface area contributed by atoms with Crippen molar-refractivity contribution in [2.75, 3.05) is 62.3 Å². The molecule has 0 saturated carbocycles.